The zero-order chi connectivity index (χ0) is 18.2. The van der Waals surface area contributed by atoms with Gasteiger partial charge in [-0.25, -0.2) is 21.2 Å². The maximum Gasteiger partial charge on any atom is 0.243 e. The lowest BCUT2D eigenvalue weighted by Gasteiger charge is -2.27. The topological polar surface area (TPSA) is 95.6 Å². The fourth-order valence-electron chi connectivity index (χ4n) is 3.43. The molecule has 7 nitrogen and oxygen atoms in total. The molecule has 2 unspecified atom stereocenters. The zero-order valence-corrected chi connectivity index (χ0v) is 16.8. The van der Waals surface area contributed by atoms with Gasteiger partial charge in [0.05, 0.1) is 16.3 Å². The minimum atomic E-state index is -3.83. The summed E-state index contributed by atoms with van der Waals surface area (Å²) >= 11 is 0. The second-order valence-electron chi connectivity index (χ2n) is 6.36. The number of nitrogens with one attached hydrogen (secondary N) is 2. The highest BCUT2D eigenvalue weighted by molar-refractivity contribution is 7.92. The van der Waals surface area contributed by atoms with Crippen LogP contribution in [0.25, 0.3) is 0 Å². The molecular weight excluding hydrogens is 405 g/mol. The molecule has 2 fully saturated rings. The molecule has 148 valence electrons. The van der Waals surface area contributed by atoms with Gasteiger partial charge < -0.3 is 5.32 Å². The maximum atomic E-state index is 14.3. The van der Waals surface area contributed by atoms with Crippen LogP contribution in [-0.4, -0.2) is 52.1 Å². The Balaban J connectivity index is 0.00000243. The number of nitrogens with zero attached hydrogens (tertiary/aromatic N) is 1. The summed E-state index contributed by atoms with van der Waals surface area (Å²) in [6.45, 7) is 2.79. The Bertz CT molecular complexity index is 850. The Kier molecular flexibility index (Phi) is 6.55. The average molecular weight is 428 g/mol. The highest BCUT2D eigenvalue weighted by Gasteiger charge is 2.43. The summed E-state index contributed by atoms with van der Waals surface area (Å²) in [4.78, 5) is -0.150. The SMILES string of the molecule is CCS(=O)(=O)Nc1ccc(S(=O)(=O)N2C3CCNCC2CC3)cc1F.Cl. The van der Waals surface area contributed by atoms with Gasteiger partial charge in [0.25, 0.3) is 0 Å². The molecule has 0 amide bonds. The molecule has 0 saturated carbocycles. The van der Waals surface area contributed by atoms with Crippen molar-refractivity contribution < 1.29 is 21.2 Å². The molecular formula is C15H23ClFN3O4S2. The Morgan fingerprint density at radius 2 is 1.88 bits per heavy atom. The monoisotopic (exact) mass is 427 g/mol. The summed E-state index contributed by atoms with van der Waals surface area (Å²) < 4.78 is 67.0. The molecule has 1 aromatic carbocycles. The van der Waals surface area contributed by atoms with Crippen molar-refractivity contribution in [2.45, 2.75) is 43.2 Å². The van der Waals surface area contributed by atoms with Gasteiger partial charge in [0.15, 0.2) is 0 Å². The van der Waals surface area contributed by atoms with Crippen molar-refractivity contribution in [3.63, 3.8) is 0 Å². The van der Waals surface area contributed by atoms with Gasteiger partial charge >= 0.3 is 0 Å². The van der Waals surface area contributed by atoms with Crippen LogP contribution in [0.3, 0.4) is 0 Å². The first-order valence-corrected chi connectivity index (χ1v) is 11.4. The first kappa shape index (κ1) is 21.4. The van der Waals surface area contributed by atoms with E-state index in [1.165, 1.54) is 17.3 Å². The first-order chi connectivity index (χ1) is 11.7. The molecule has 2 heterocycles. The fraction of sp³-hybridized carbons (Fsp3) is 0.600. The Labute approximate surface area is 159 Å². The van der Waals surface area contributed by atoms with E-state index in [4.69, 9.17) is 0 Å². The zero-order valence-electron chi connectivity index (χ0n) is 14.3. The van der Waals surface area contributed by atoms with E-state index in [1.807, 2.05) is 0 Å². The van der Waals surface area contributed by atoms with Crippen LogP contribution in [0.15, 0.2) is 23.1 Å². The summed E-state index contributed by atoms with van der Waals surface area (Å²) in [6.07, 6.45) is 2.32. The van der Waals surface area contributed by atoms with Gasteiger partial charge in [-0.05, 0) is 50.9 Å². The predicted octanol–water partition coefficient (Wildman–Crippen LogP) is 1.52. The lowest BCUT2D eigenvalue weighted by atomic mass is 10.1. The summed E-state index contributed by atoms with van der Waals surface area (Å²) in [6, 6.07) is 3.10. The van der Waals surface area contributed by atoms with Crippen molar-refractivity contribution in [3.8, 4) is 0 Å². The number of benzene rings is 1. The predicted molar refractivity (Wildman–Crippen MR) is 100 cm³/mol. The van der Waals surface area contributed by atoms with Crippen LogP contribution in [-0.2, 0) is 20.0 Å². The first-order valence-electron chi connectivity index (χ1n) is 8.29. The van der Waals surface area contributed by atoms with Crippen molar-refractivity contribution >= 4 is 38.1 Å². The summed E-state index contributed by atoms with van der Waals surface area (Å²) in [7, 11) is -7.47. The van der Waals surface area contributed by atoms with Gasteiger partial charge in [-0.1, -0.05) is 0 Å². The Hall–Kier alpha value is -0.940. The van der Waals surface area contributed by atoms with Gasteiger partial charge in [0, 0.05) is 18.6 Å². The lowest BCUT2D eigenvalue weighted by Crippen LogP contribution is -2.42. The second kappa shape index (κ2) is 7.97. The van der Waals surface area contributed by atoms with Crippen LogP contribution in [0.1, 0.15) is 26.2 Å². The number of sulfonamides is 2. The normalized spacial score (nSPS) is 23.9. The molecule has 2 saturated heterocycles. The van der Waals surface area contributed by atoms with E-state index < -0.39 is 25.9 Å². The molecule has 0 spiro atoms. The maximum absolute atomic E-state index is 14.3. The van der Waals surface area contributed by atoms with E-state index >= 15 is 0 Å². The van der Waals surface area contributed by atoms with Crippen molar-refractivity contribution in [2.75, 3.05) is 23.6 Å². The molecule has 11 heteroatoms. The average Bonchev–Trinajstić information content (AvgIpc) is 2.82. The second-order valence-corrected chi connectivity index (χ2v) is 10.2. The molecule has 1 aromatic rings. The molecule has 2 N–H and O–H groups in total. The van der Waals surface area contributed by atoms with Crippen LogP contribution in [0.2, 0.25) is 0 Å². The molecule has 26 heavy (non-hydrogen) atoms. The smallest absolute Gasteiger partial charge is 0.243 e. The number of halogens is 2. The van der Waals surface area contributed by atoms with E-state index in [0.717, 1.165) is 37.9 Å². The van der Waals surface area contributed by atoms with Crippen LogP contribution in [0, 0.1) is 5.82 Å². The third kappa shape index (κ3) is 4.14. The van der Waals surface area contributed by atoms with Crippen LogP contribution in [0.5, 0.6) is 0 Å². The van der Waals surface area contributed by atoms with Gasteiger partial charge in [0.1, 0.15) is 5.82 Å². The quantitative estimate of drug-likeness (QED) is 0.742. The van der Waals surface area contributed by atoms with Gasteiger partial charge in [-0.2, -0.15) is 4.31 Å². The van der Waals surface area contributed by atoms with Crippen molar-refractivity contribution in [2.24, 2.45) is 0 Å². The summed E-state index contributed by atoms with van der Waals surface area (Å²) in [5.41, 5.74) is -0.249. The molecule has 0 radical (unpaired) electrons. The summed E-state index contributed by atoms with van der Waals surface area (Å²) in [5.74, 6) is -1.10. The van der Waals surface area contributed by atoms with Crippen molar-refractivity contribution in [3.05, 3.63) is 24.0 Å². The van der Waals surface area contributed by atoms with Gasteiger partial charge in [-0.3, -0.25) is 4.72 Å². The minimum Gasteiger partial charge on any atom is -0.315 e. The van der Waals surface area contributed by atoms with E-state index in [1.54, 1.807) is 0 Å². The molecule has 3 rings (SSSR count). The number of fused-ring (bicyclic) bond motifs is 2. The molecule has 2 bridgehead atoms. The van der Waals surface area contributed by atoms with E-state index in [-0.39, 0.29) is 40.8 Å². The third-order valence-electron chi connectivity index (χ3n) is 4.75. The van der Waals surface area contributed by atoms with E-state index in [9.17, 15) is 21.2 Å². The van der Waals surface area contributed by atoms with Gasteiger partial charge in [0.2, 0.25) is 20.0 Å². The van der Waals surface area contributed by atoms with Gasteiger partial charge in [-0.15, -0.1) is 12.4 Å². The third-order valence-corrected chi connectivity index (χ3v) is 8.04. The highest BCUT2D eigenvalue weighted by atomic mass is 35.5. The minimum absolute atomic E-state index is 0. The Morgan fingerprint density at radius 3 is 2.54 bits per heavy atom. The fourth-order valence-corrected chi connectivity index (χ4v) is 5.99. The van der Waals surface area contributed by atoms with Crippen molar-refractivity contribution in [1.82, 2.24) is 9.62 Å². The van der Waals surface area contributed by atoms with Crippen molar-refractivity contribution in [1.29, 1.82) is 0 Å². The number of rotatable bonds is 5. The Morgan fingerprint density at radius 1 is 1.19 bits per heavy atom. The highest BCUT2D eigenvalue weighted by Crippen LogP contribution is 2.34. The van der Waals surface area contributed by atoms with E-state index in [0.29, 0.717) is 6.54 Å². The van der Waals surface area contributed by atoms with Crippen LogP contribution < -0.4 is 10.0 Å². The standard InChI is InChI=1S/C15H22FN3O4S2.ClH/c1-2-24(20,21)18-15-6-5-13(9-14(15)16)25(22,23)19-11-3-4-12(19)10-17-8-7-11;/h5-6,9,11-12,17-18H,2-4,7-8,10H2,1H3;1H. The molecule has 2 aliphatic rings. The molecule has 0 aliphatic carbocycles. The molecule has 2 aliphatic heterocycles. The van der Waals surface area contributed by atoms with Crippen LogP contribution >= 0.6 is 12.4 Å². The molecule has 0 aromatic heterocycles. The number of hydrogen-bond donors (Lipinski definition) is 2. The molecule has 2 atom stereocenters. The number of hydrogen-bond acceptors (Lipinski definition) is 5. The van der Waals surface area contributed by atoms with E-state index in [2.05, 4.69) is 10.0 Å². The lowest BCUT2D eigenvalue weighted by molar-refractivity contribution is 0.334. The van der Waals surface area contributed by atoms with Crippen LogP contribution in [0.4, 0.5) is 10.1 Å². The number of anilines is 1. The largest absolute Gasteiger partial charge is 0.315 e. The summed E-state index contributed by atoms with van der Waals surface area (Å²) in [5, 5.41) is 3.23.